The Balaban J connectivity index is 1.84. The lowest BCUT2D eigenvalue weighted by atomic mass is 10.3. The standard InChI is InChI=1S/C17H15Cl2N3O2S/c1-21(25(23,24)16-9-5-8-15(18)17(16)19)11-13-10-20-22(12-13)14-6-3-2-4-7-14/h2-10,12H,11H2,1H3. The number of para-hydroxylation sites is 1. The highest BCUT2D eigenvalue weighted by atomic mass is 35.5. The Morgan fingerprint density at radius 2 is 1.80 bits per heavy atom. The van der Waals surface area contributed by atoms with Crippen molar-refractivity contribution in [3.05, 3.63) is 76.5 Å². The number of rotatable bonds is 5. The summed E-state index contributed by atoms with van der Waals surface area (Å²) in [6, 6.07) is 14.1. The van der Waals surface area contributed by atoms with Gasteiger partial charge in [0.25, 0.3) is 0 Å². The minimum Gasteiger partial charge on any atom is -0.241 e. The molecule has 0 radical (unpaired) electrons. The van der Waals surface area contributed by atoms with Gasteiger partial charge in [0.1, 0.15) is 4.90 Å². The molecule has 130 valence electrons. The zero-order valence-electron chi connectivity index (χ0n) is 13.3. The summed E-state index contributed by atoms with van der Waals surface area (Å²) in [6.45, 7) is 0.165. The lowest BCUT2D eigenvalue weighted by Crippen LogP contribution is -2.26. The van der Waals surface area contributed by atoms with Gasteiger partial charge in [0, 0.05) is 25.4 Å². The number of aromatic nitrogens is 2. The molecule has 0 bridgehead atoms. The first-order valence-electron chi connectivity index (χ1n) is 7.39. The molecule has 5 nitrogen and oxygen atoms in total. The van der Waals surface area contributed by atoms with Crippen LogP contribution < -0.4 is 0 Å². The third-order valence-electron chi connectivity index (χ3n) is 3.67. The monoisotopic (exact) mass is 395 g/mol. The van der Waals surface area contributed by atoms with Gasteiger partial charge >= 0.3 is 0 Å². The van der Waals surface area contributed by atoms with E-state index in [0.29, 0.717) is 0 Å². The molecule has 2 aromatic carbocycles. The first kappa shape index (κ1) is 17.9. The molecule has 25 heavy (non-hydrogen) atoms. The van der Waals surface area contributed by atoms with Crippen molar-refractivity contribution in [2.75, 3.05) is 7.05 Å². The summed E-state index contributed by atoms with van der Waals surface area (Å²) in [5.74, 6) is 0. The van der Waals surface area contributed by atoms with Gasteiger partial charge in [-0.25, -0.2) is 13.1 Å². The molecule has 1 heterocycles. The van der Waals surface area contributed by atoms with Crippen LogP contribution in [0.2, 0.25) is 10.0 Å². The van der Waals surface area contributed by atoms with Crippen molar-refractivity contribution >= 4 is 33.2 Å². The van der Waals surface area contributed by atoms with Gasteiger partial charge in [0.15, 0.2) is 0 Å². The molecule has 0 aliphatic rings. The minimum atomic E-state index is -3.77. The second-order valence-corrected chi connectivity index (χ2v) is 8.24. The topological polar surface area (TPSA) is 55.2 Å². The smallest absolute Gasteiger partial charge is 0.241 e. The maximum absolute atomic E-state index is 12.7. The molecule has 0 saturated carbocycles. The molecular formula is C17H15Cl2N3O2S. The first-order valence-corrected chi connectivity index (χ1v) is 9.58. The average Bonchev–Trinajstić information content (AvgIpc) is 3.06. The molecule has 0 saturated heterocycles. The van der Waals surface area contributed by atoms with Gasteiger partial charge < -0.3 is 0 Å². The third kappa shape index (κ3) is 3.72. The van der Waals surface area contributed by atoms with E-state index in [4.69, 9.17) is 23.2 Å². The Labute approximate surface area is 156 Å². The van der Waals surface area contributed by atoms with E-state index in [2.05, 4.69) is 5.10 Å². The number of sulfonamides is 1. The fraction of sp³-hybridized carbons (Fsp3) is 0.118. The second-order valence-electron chi connectivity index (χ2n) is 5.44. The van der Waals surface area contributed by atoms with Crippen LogP contribution in [-0.4, -0.2) is 29.6 Å². The third-order valence-corrected chi connectivity index (χ3v) is 6.44. The molecule has 0 aliphatic carbocycles. The highest BCUT2D eigenvalue weighted by Gasteiger charge is 2.25. The molecule has 0 spiro atoms. The predicted octanol–water partition coefficient (Wildman–Crippen LogP) is 4.00. The largest absolute Gasteiger partial charge is 0.244 e. The fourth-order valence-corrected chi connectivity index (χ4v) is 4.25. The van der Waals surface area contributed by atoms with Gasteiger partial charge in [0.2, 0.25) is 10.0 Å². The Morgan fingerprint density at radius 3 is 2.52 bits per heavy atom. The van der Waals surface area contributed by atoms with E-state index in [1.165, 1.54) is 17.4 Å². The van der Waals surface area contributed by atoms with Gasteiger partial charge in [-0.1, -0.05) is 47.5 Å². The van der Waals surface area contributed by atoms with Crippen LogP contribution in [0.1, 0.15) is 5.56 Å². The molecule has 0 unspecified atom stereocenters. The highest BCUT2D eigenvalue weighted by Crippen LogP contribution is 2.30. The Bertz CT molecular complexity index is 988. The fourth-order valence-electron chi connectivity index (χ4n) is 2.36. The van der Waals surface area contributed by atoms with Crippen LogP contribution in [0.4, 0.5) is 0 Å². The predicted molar refractivity (Wildman–Crippen MR) is 98.7 cm³/mol. The number of hydrogen-bond donors (Lipinski definition) is 0. The summed E-state index contributed by atoms with van der Waals surface area (Å²) >= 11 is 12.0. The molecule has 0 aliphatic heterocycles. The molecular weight excluding hydrogens is 381 g/mol. The summed E-state index contributed by atoms with van der Waals surface area (Å²) in [5.41, 5.74) is 1.66. The maximum atomic E-state index is 12.7. The van der Waals surface area contributed by atoms with Gasteiger partial charge in [-0.3, -0.25) is 0 Å². The van der Waals surface area contributed by atoms with E-state index in [-0.39, 0.29) is 21.5 Å². The quantitative estimate of drug-likeness (QED) is 0.655. The summed E-state index contributed by atoms with van der Waals surface area (Å²) in [6.07, 6.45) is 3.43. The van der Waals surface area contributed by atoms with Crippen molar-refractivity contribution in [3.63, 3.8) is 0 Å². The van der Waals surface area contributed by atoms with Crippen molar-refractivity contribution in [2.45, 2.75) is 11.4 Å². The number of hydrogen-bond acceptors (Lipinski definition) is 3. The van der Waals surface area contributed by atoms with E-state index < -0.39 is 10.0 Å². The molecule has 3 rings (SSSR count). The van der Waals surface area contributed by atoms with Crippen molar-refractivity contribution in [1.82, 2.24) is 14.1 Å². The van der Waals surface area contributed by atoms with Gasteiger partial charge in [0.05, 0.1) is 21.9 Å². The van der Waals surface area contributed by atoms with E-state index in [0.717, 1.165) is 11.3 Å². The minimum absolute atomic E-state index is 0.0142. The van der Waals surface area contributed by atoms with Crippen molar-refractivity contribution in [2.24, 2.45) is 0 Å². The molecule has 1 aromatic heterocycles. The lowest BCUT2D eigenvalue weighted by molar-refractivity contribution is 0.467. The molecule has 3 aromatic rings. The van der Waals surface area contributed by atoms with Crippen molar-refractivity contribution < 1.29 is 8.42 Å². The molecule has 0 N–H and O–H groups in total. The number of nitrogens with zero attached hydrogens (tertiary/aromatic N) is 3. The van der Waals surface area contributed by atoms with Gasteiger partial charge in [-0.15, -0.1) is 0 Å². The van der Waals surface area contributed by atoms with Crippen LogP contribution in [0, 0.1) is 0 Å². The van der Waals surface area contributed by atoms with Crippen LogP contribution >= 0.6 is 23.2 Å². The Hall–Kier alpha value is -1.86. The summed E-state index contributed by atoms with van der Waals surface area (Å²) in [7, 11) is -2.27. The maximum Gasteiger partial charge on any atom is 0.244 e. The van der Waals surface area contributed by atoms with E-state index in [9.17, 15) is 8.42 Å². The van der Waals surface area contributed by atoms with Crippen molar-refractivity contribution in [1.29, 1.82) is 0 Å². The van der Waals surface area contributed by atoms with Crippen LogP contribution in [-0.2, 0) is 16.6 Å². The van der Waals surface area contributed by atoms with Crippen LogP contribution in [0.5, 0.6) is 0 Å². The highest BCUT2D eigenvalue weighted by molar-refractivity contribution is 7.89. The Morgan fingerprint density at radius 1 is 1.08 bits per heavy atom. The first-order chi connectivity index (χ1) is 11.9. The van der Waals surface area contributed by atoms with E-state index >= 15 is 0 Å². The normalized spacial score (nSPS) is 11.8. The zero-order valence-corrected chi connectivity index (χ0v) is 15.6. The van der Waals surface area contributed by atoms with E-state index in [1.807, 2.05) is 30.3 Å². The summed E-state index contributed by atoms with van der Waals surface area (Å²) in [4.78, 5) is -0.0142. The van der Waals surface area contributed by atoms with Gasteiger partial charge in [-0.05, 0) is 24.3 Å². The Kier molecular flexibility index (Phi) is 5.15. The van der Waals surface area contributed by atoms with Crippen molar-refractivity contribution in [3.8, 4) is 5.69 Å². The van der Waals surface area contributed by atoms with Crippen LogP contribution in [0.3, 0.4) is 0 Å². The average molecular weight is 396 g/mol. The van der Waals surface area contributed by atoms with E-state index in [1.54, 1.807) is 29.2 Å². The molecule has 0 fully saturated rings. The van der Waals surface area contributed by atoms with Crippen LogP contribution in [0.15, 0.2) is 65.8 Å². The molecule has 0 amide bonds. The van der Waals surface area contributed by atoms with Crippen LogP contribution in [0.25, 0.3) is 5.69 Å². The lowest BCUT2D eigenvalue weighted by Gasteiger charge is -2.17. The summed E-state index contributed by atoms with van der Waals surface area (Å²) < 4.78 is 28.4. The second kappa shape index (κ2) is 7.17. The number of halogens is 2. The summed E-state index contributed by atoms with van der Waals surface area (Å²) in [5, 5.41) is 4.50. The SMILES string of the molecule is CN(Cc1cnn(-c2ccccc2)c1)S(=O)(=O)c1cccc(Cl)c1Cl. The molecule has 8 heteroatoms. The van der Waals surface area contributed by atoms with Gasteiger partial charge in [-0.2, -0.15) is 9.40 Å². The molecule has 0 atom stereocenters. The number of benzene rings is 2. The zero-order chi connectivity index (χ0) is 18.0.